The number of carbonyl (C=O) groups is 1. The second-order valence-corrected chi connectivity index (χ2v) is 5.66. The molecule has 0 aliphatic heterocycles. The van der Waals surface area contributed by atoms with Gasteiger partial charge in [0, 0.05) is 11.8 Å². The Morgan fingerprint density at radius 3 is 2.50 bits per heavy atom. The summed E-state index contributed by atoms with van der Waals surface area (Å²) in [5.74, 6) is -2.09. The quantitative estimate of drug-likeness (QED) is 0.652. The number of aromatic nitrogens is 2. The number of nitrogens with one attached hydrogen (secondary N) is 1. The molecule has 28 heavy (non-hydrogen) atoms. The van der Waals surface area contributed by atoms with Gasteiger partial charge in [-0.3, -0.25) is 4.79 Å². The third-order valence-corrected chi connectivity index (χ3v) is 3.63. The molecule has 0 saturated carbocycles. The molecule has 0 saturated heterocycles. The third kappa shape index (κ3) is 4.81. The number of amides is 1. The fourth-order valence-corrected chi connectivity index (χ4v) is 2.29. The van der Waals surface area contributed by atoms with E-state index in [0.717, 1.165) is 18.0 Å². The Hall–Kier alpha value is -3.49. The average molecular weight is 391 g/mol. The second kappa shape index (κ2) is 8.03. The molecule has 0 atom stereocenters. The van der Waals surface area contributed by atoms with Gasteiger partial charge in [-0.2, -0.15) is 13.2 Å². The molecule has 0 aliphatic rings. The number of benzene rings is 2. The summed E-state index contributed by atoms with van der Waals surface area (Å²) in [5, 5.41) is 2.25. The standard InChI is InChI=1S/C19H13F4N3O2/c20-15-7-6-13(8-14(15)19(21,22)23)26-18(27)16-9-17(25-11-24-16)28-10-12-4-2-1-3-5-12/h1-9,11H,10H2,(H,26,27). The van der Waals surface area contributed by atoms with Crippen LogP contribution in [0.2, 0.25) is 0 Å². The average Bonchev–Trinajstić information content (AvgIpc) is 2.68. The maximum Gasteiger partial charge on any atom is 0.419 e. The molecule has 0 aliphatic carbocycles. The Morgan fingerprint density at radius 2 is 1.79 bits per heavy atom. The van der Waals surface area contributed by atoms with Crippen molar-refractivity contribution in [1.29, 1.82) is 0 Å². The van der Waals surface area contributed by atoms with E-state index in [0.29, 0.717) is 12.1 Å². The van der Waals surface area contributed by atoms with E-state index < -0.39 is 23.5 Å². The minimum absolute atomic E-state index is 0.115. The van der Waals surface area contributed by atoms with Crippen molar-refractivity contribution >= 4 is 11.6 Å². The first-order valence-corrected chi connectivity index (χ1v) is 8.00. The monoisotopic (exact) mass is 391 g/mol. The zero-order valence-corrected chi connectivity index (χ0v) is 14.2. The molecule has 1 amide bonds. The van der Waals surface area contributed by atoms with Gasteiger partial charge in [0.05, 0.1) is 5.56 Å². The number of hydrogen-bond acceptors (Lipinski definition) is 4. The van der Waals surface area contributed by atoms with Gasteiger partial charge in [-0.25, -0.2) is 14.4 Å². The van der Waals surface area contributed by atoms with Crippen molar-refractivity contribution in [3.63, 3.8) is 0 Å². The summed E-state index contributed by atoms with van der Waals surface area (Å²) in [6, 6.07) is 12.7. The summed E-state index contributed by atoms with van der Waals surface area (Å²) in [7, 11) is 0. The number of hydrogen-bond donors (Lipinski definition) is 1. The molecule has 5 nitrogen and oxygen atoms in total. The summed E-state index contributed by atoms with van der Waals surface area (Å²) >= 11 is 0. The van der Waals surface area contributed by atoms with Gasteiger partial charge >= 0.3 is 6.18 Å². The zero-order chi connectivity index (χ0) is 20.1. The van der Waals surface area contributed by atoms with Crippen molar-refractivity contribution in [1.82, 2.24) is 9.97 Å². The number of carbonyl (C=O) groups excluding carboxylic acids is 1. The minimum Gasteiger partial charge on any atom is -0.473 e. The van der Waals surface area contributed by atoms with Gasteiger partial charge in [0.2, 0.25) is 5.88 Å². The molecule has 0 bridgehead atoms. The lowest BCUT2D eigenvalue weighted by atomic mass is 10.1. The highest BCUT2D eigenvalue weighted by Gasteiger charge is 2.34. The van der Waals surface area contributed by atoms with Crippen molar-refractivity contribution < 1.29 is 27.1 Å². The first kappa shape index (κ1) is 19.3. The van der Waals surface area contributed by atoms with E-state index in [1.807, 2.05) is 30.3 Å². The minimum atomic E-state index is -4.88. The summed E-state index contributed by atoms with van der Waals surface area (Å²) < 4.78 is 57.1. The van der Waals surface area contributed by atoms with Crippen molar-refractivity contribution in [2.75, 3.05) is 5.32 Å². The van der Waals surface area contributed by atoms with Crippen LogP contribution in [0.15, 0.2) is 60.9 Å². The van der Waals surface area contributed by atoms with E-state index in [-0.39, 0.29) is 23.9 Å². The van der Waals surface area contributed by atoms with Gasteiger partial charge in [-0.1, -0.05) is 30.3 Å². The van der Waals surface area contributed by atoms with Crippen LogP contribution in [0.1, 0.15) is 21.6 Å². The van der Waals surface area contributed by atoms with Crippen LogP contribution in [0.4, 0.5) is 23.2 Å². The van der Waals surface area contributed by atoms with Crippen LogP contribution in [-0.2, 0) is 12.8 Å². The van der Waals surface area contributed by atoms with Crippen LogP contribution in [0, 0.1) is 5.82 Å². The van der Waals surface area contributed by atoms with Crippen LogP contribution in [-0.4, -0.2) is 15.9 Å². The molecular weight excluding hydrogens is 378 g/mol. The highest BCUT2D eigenvalue weighted by Crippen LogP contribution is 2.33. The lowest BCUT2D eigenvalue weighted by Gasteiger charge is -2.11. The van der Waals surface area contributed by atoms with Crippen LogP contribution in [0.5, 0.6) is 5.88 Å². The molecule has 2 aromatic carbocycles. The van der Waals surface area contributed by atoms with E-state index in [1.165, 1.54) is 6.07 Å². The van der Waals surface area contributed by atoms with Crippen molar-refractivity contribution in [2.24, 2.45) is 0 Å². The van der Waals surface area contributed by atoms with E-state index in [2.05, 4.69) is 15.3 Å². The SMILES string of the molecule is O=C(Nc1ccc(F)c(C(F)(F)F)c1)c1cc(OCc2ccccc2)ncn1. The van der Waals surface area contributed by atoms with E-state index in [4.69, 9.17) is 4.74 Å². The molecule has 144 valence electrons. The van der Waals surface area contributed by atoms with Crippen molar-refractivity contribution in [3.05, 3.63) is 83.6 Å². The first-order chi connectivity index (χ1) is 13.3. The predicted octanol–water partition coefficient (Wildman–Crippen LogP) is 4.47. The van der Waals surface area contributed by atoms with Crippen LogP contribution < -0.4 is 10.1 Å². The van der Waals surface area contributed by atoms with Crippen molar-refractivity contribution in [2.45, 2.75) is 12.8 Å². The van der Waals surface area contributed by atoms with Crippen molar-refractivity contribution in [3.8, 4) is 5.88 Å². The fraction of sp³-hybridized carbons (Fsp3) is 0.105. The van der Waals surface area contributed by atoms with E-state index in [9.17, 15) is 22.4 Å². The topological polar surface area (TPSA) is 64.1 Å². The Kier molecular flexibility index (Phi) is 5.53. The maximum atomic E-state index is 13.3. The van der Waals surface area contributed by atoms with Gasteiger partial charge < -0.3 is 10.1 Å². The van der Waals surface area contributed by atoms with Gasteiger partial charge in [0.15, 0.2) is 0 Å². The number of nitrogens with zero attached hydrogens (tertiary/aromatic N) is 2. The normalized spacial score (nSPS) is 11.1. The Balaban J connectivity index is 1.71. The number of anilines is 1. The Morgan fingerprint density at radius 1 is 1.04 bits per heavy atom. The smallest absolute Gasteiger partial charge is 0.419 e. The molecule has 1 aromatic heterocycles. The van der Waals surface area contributed by atoms with Gasteiger partial charge in [0.25, 0.3) is 5.91 Å². The highest BCUT2D eigenvalue weighted by molar-refractivity contribution is 6.03. The number of halogens is 4. The molecule has 9 heteroatoms. The summed E-state index contributed by atoms with van der Waals surface area (Å²) in [6.07, 6.45) is -3.78. The van der Waals surface area contributed by atoms with Gasteiger partial charge in [-0.15, -0.1) is 0 Å². The molecule has 0 unspecified atom stereocenters. The first-order valence-electron chi connectivity index (χ1n) is 8.00. The number of rotatable bonds is 5. The van der Waals surface area contributed by atoms with E-state index in [1.54, 1.807) is 0 Å². The predicted molar refractivity (Wildman–Crippen MR) is 92.2 cm³/mol. The van der Waals surface area contributed by atoms with Crippen LogP contribution in [0.25, 0.3) is 0 Å². The molecule has 1 N–H and O–H groups in total. The lowest BCUT2D eigenvalue weighted by Crippen LogP contribution is -2.16. The maximum absolute atomic E-state index is 13.3. The van der Waals surface area contributed by atoms with Crippen LogP contribution in [0.3, 0.4) is 0 Å². The highest BCUT2D eigenvalue weighted by atomic mass is 19.4. The number of alkyl halides is 3. The molecule has 3 aromatic rings. The summed E-state index contributed by atoms with van der Waals surface area (Å²) in [6.45, 7) is 0.214. The Labute approximate surface area is 157 Å². The Bertz CT molecular complexity index is 978. The van der Waals surface area contributed by atoms with Gasteiger partial charge in [0.1, 0.15) is 24.4 Å². The van der Waals surface area contributed by atoms with Gasteiger partial charge in [-0.05, 0) is 23.8 Å². The fourth-order valence-electron chi connectivity index (χ4n) is 2.29. The molecule has 0 fully saturated rings. The third-order valence-electron chi connectivity index (χ3n) is 3.63. The second-order valence-electron chi connectivity index (χ2n) is 5.66. The van der Waals surface area contributed by atoms with Crippen LogP contribution >= 0.6 is 0 Å². The molecular formula is C19H13F4N3O2. The van der Waals surface area contributed by atoms with E-state index >= 15 is 0 Å². The summed E-state index contributed by atoms with van der Waals surface area (Å²) in [5.41, 5.74) is -0.919. The largest absolute Gasteiger partial charge is 0.473 e. The number of ether oxygens (including phenoxy) is 1. The molecule has 3 rings (SSSR count). The molecule has 1 heterocycles. The summed E-state index contributed by atoms with van der Waals surface area (Å²) in [4.78, 5) is 19.9. The molecule has 0 spiro atoms. The molecule has 0 radical (unpaired) electrons. The zero-order valence-electron chi connectivity index (χ0n) is 14.2. The lowest BCUT2D eigenvalue weighted by molar-refractivity contribution is -0.139.